The summed E-state index contributed by atoms with van der Waals surface area (Å²) >= 11 is 5.76. The van der Waals surface area contributed by atoms with Gasteiger partial charge in [0.1, 0.15) is 6.10 Å². The normalized spacial score (nSPS) is 23.7. The third-order valence-corrected chi connectivity index (χ3v) is 2.78. The second-order valence-electron chi connectivity index (χ2n) is 3.55. The molecule has 1 fully saturated rings. The standard InChI is InChI=1S/C11H13ClO2/c12-9-5-3-8(4-6-9)11(13)10-2-1-7-14-10/h3-6,10-11,13H,1-2,7H2/t10-,11-/m1/s1. The zero-order chi connectivity index (χ0) is 9.97. The van der Waals surface area contributed by atoms with Gasteiger partial charge in [0.15, 0.2) is 0 Å². The van der Waals surface area contributed by atoms with Gasteiger partial charge in [0.25, 0.3) is 0 Å². The van der Waals surface area contributed by atoms with Crippen LogP contribution in [0.2, 0.25) is 5.02 Å². The smallest absolute Gasteiger partial charge is 0.105 e. The Kier molecular flexibility index (Phi) is 3.06. The average Bonchev–Trinajstić information content (AvgIpc) is 2.71. The van der Waals surface area contributed by atoms with Gasteiger partial charge in [-0.3, -0.25) is 0 Å². The van der Waals surface area contributed by atoms with Crippen LogP contribution in [0.3, 0.4) is 0 Å². The molecule has 2 nitrogen and oxygen atoms in total. The molecule has 0 aromatic heterocycles. The van der Waals surface area contributed by atoms with Crippen molar-refractivity contribution in [1.82, 2.24) is 0 Å². The molecule has 0 spiro atoms. The van der Waals surface area contributed by atoms with Crippen LogP contribution in [0.15, 0.2) is 24.3 Å². The van der Waals surface area contributed by atoms with E-state index in [9.17, 15) is 5.11 Å². The monoisotopic (exact) mass is 212 g/mol. The first kappa shape index (κ1) is 9.97. The van der Waals surface area contributed by atoms with Crippen LogP contribution < -0.4 is 0 Å². The lowest BCUT2D eigenvalue weighted by Crippen LogP contribution is -2.16. The number of ether oxygens (including phenoxy) is 1. The summed E-state index contributed by atoms with van der Waals surface area (Å²) in [6.45, 7) is 0.759. The topological polar surface area (TPSA) is 29.5 Å². The predicted molar refractivity (Wildman–Crippen MR) is 55.4 cm³/mol. The Hall–Kier alpha value is -0.570. The zero-order valence-electron chi connectivity index (χ0n) is 7.82. The van der Waals surface area contributed by atoms with Crippen LogP contribution in [0.25, 0.3) is 0 Å². The molecule has 14 heavy (non-hydrogen) atoms. The molecule has 2 atom stereocenters. The Bertz CT molecular complexity index is 291. The van der Waals surface area contributed by atoms with Crippen LogP contribution in [0.1, 0.15) is 24.5 Å². The van der Waals surface area contributed by atoms with Gasteiger partial charge in [-0.1, -0.05) is 23.7 Å². The van der Waals surface area contributed by atoms with Gasteiger partial charge in [0, 0.05) is 11.6 Å². The maximum Gasteiger partial charge on any atom is 0.105 e. The highest BCUT2D eigenvalue weighted by atomic mass is 35.5. The van der Waals surface area contributed by atoms with E-state index in [1.165, 1.54) is 0 Å². The Morgan fingerprint density at radius 1 is 1.36 bits per heavy atom. The van der Waals surface area contributed by atoms with Crippen molar-refractivity contribution >= 4 is 11.6 Å². The van der Waals surface area contributed by atoms with Gasteiger partial charge in [-0.25, -0.2) is 0 Å². The molecule has 0 radical (unpaired) electrons. The maximum atomic E-state index is 9.94. The first-order valence-corrected chi connectivity index (χ1v) is 5.20. The van der Waals surface area contributed by atoms with Crippen molar-refractivity contribution in [3.63, 3.8) is 0 Å². The summed E-state index contributed by atoms with van der Waals surface area (Å²) in [5, 5.41) is 10.6. The van der Waals surface area contributed by atoms with E-state index in [0.717, 1.165) is 25.0 Å². The van der Waals surface area contributed by atoms with Gasteiger partial charge < -0.3 is 9.84 Å². The molecule has 1 aliphatic heterocycles. The molecule has 76 valence electrons. The van der Waals surface area contributed by atoms with E-state index in [1.54, 1.807) is 12.1 Å². The number of rotatable bonds is 2. The van der Waals surface area contributed by atoms with Crippen molar-refractivity contribution in [2.45, 2.75) is 25.0 Å². The molecule has 0 amide bonds. The van der Waals surface area contributed by atoms with Crippen LogP contribution >= 0.6 is 11.6 Å². The molecular weight excluding hydrogens is 200 g/mol. The van der Waals surface area contributed by atoms with Crippen LogP contribution in [0.4, 0.5) is 0 Å². The number of benzene rings is 1. The van der Waals surface area contributed by atoms with Crippen molar-refractivity contribution in [3.05, 3.63) is 34.9 Å². The minimum atomic E-state index is -0.519. The van der Waals surface area contributed by atoms with E-state index in [2.05, 4.69) is 0 Å². The Labute approximate surface area is 88.5 Å². The molecule has 1 saturated heterocycles. The number of hydrogen-bond acceptors (Lipinski definition) is 2. The lowest BCUT2D eigenvalue weighted by Gasteiger charge is -2.17. The molecule has 0 saturated carbocycles. The van der Waals surface area contributed by atoms with E-state index < -0.39 is 6.10 Å². The van der Waals surface area contributed by atoms with Gasteiger partial charge in [-0.15, -0.1) is 0 Å². The summed E-state index contributed by atoms with van der Waals surface area (Å²) in [4.78, 5) is 0. The lowest BCUT2D eigenvalue weighted by atomic mass is 10.0. The SMILES string of the molecule is O[C@H](c1ccc(Cl)cc1)[C@H]1CCCO1. The van der Waals surface area contributed by atoms with Crippen LogP contribution in [-0.4, -0.2) is 17.8 Å². The lowest BCUT2D eigenvalue weighted by molar-refractivity contribution is -0.00258. The number of aliphatic hydroxyl groups excluding tert-OH is 1. The van der Waals surface area contributed by atoms with E-state index in [1.807, 2.05) is 12.1 Å². The van der Waals surface area contributed by atoms with E-state index in [4.69, 9.17) is 16.3 Å². The second kappa shape index (κ2) is 4.30. The van der Waals surface area contributed by atoms with Gasteiger partial charge in [-0.2, -0.15) is 0 Å². The molecule has 0 aliphatic carbocycles. The highest BCUT2D eigenvalue weighted by molar-refractivity contribution is 6.30. The highest BCUT2D eigenvalue weighted by Gasteiger charge is 2.24. The van der Waals surface area contributed by atoms with Crippen LogP contribution in [0, 0.1) is 0 Å². The highest BCUT2D eigenvalue weighted by Crippen LogP contribution is 2.27. The van der Waals surface area contributed by atoms with E-state index in [0.29, 0.717) is 5.02 Å². The zero-order valence-corrected chi connectivity index (χ0v) is 8.57. The molecule has 0 unspecified atom stereocenters. The fourth-order valence-electron chi connectivity index (χ4n) is 1.73. The van der Waals surface area contributed by atoms with Crippen molar-refractivity contribution in [3.8, 4) is 0 Å². The third-order valence-electron chi connectivity index (χ3n) is 2.53. The first-order chi connectivity index (χ1) is 6.77. The Morgan fingerprint density at radius 2 is 2.07 bits per heavy atom. The maximum absolute atomic E-state index is 9.94. The number of halogens is 1. The van der Waals surface area contributed by atoms with E-state index in [-0.39, 0.29) is 6.10 Å². The number of hydrogen-bond donors (Lipinski definition) is 1. The molecule has 1 N–H and O–H groups in total. The molecule has 0 bridgehead atoms. The summed E-state index contributed by atoms with van der Waals surface area (Å²) in [5.74, 6) is 0. The van der Waals surface area contributed by atoms with Crippen LogP contribution in [-0.2, 0) is 4.74 Å². The van der Waals surface area contributed by atoms with Crippen molar-refractivity contribution in [2.24, 2.45) is 0 Å². The molecule has 1 aromatic carbocycles. The van der Waals surface area contributed by atoms with E-state index >= 15 is 0 Å². The fourth-order valence-corrected chi connectivity index (χ4v) is 1.85. The van der Waals surface area contributed by atoms with Gasteiger partial charge in [-0.05, 0) is 30.5 Å². The third kappa shape index (κ3) is 2.08. The average molecular weight is 213 g/mol. The summed E-state index contributed by atoms with van der Waals surface area (Å²) in [7, 11) is 0. The van der Waals surface area contributed by atoms with Crippen molar-refractivity contribution in [1.29, 1.82) is 0 Å². The largest absolute Gasteiger partial charge is 0.386 e. The van der Waals surface area contributed by atoms with Crippen molar-refractivity contribution < 1.29 is 9.84 Å². The van der Waals surface area contributed by atoms with Gasteiger partial charge >= 0.3 is 0 Å². The summed E-state index contributed by atoms with van der Waals surface area (Å²) < 4.78 is 5.42. The predicted octanol–water partition coefficient (Wildman–Crippen LogP) is 2.55. The fraction of sp³-hybridized carbons (Fsp3) is 0.455. The molecule has 1 heterocycles. The quantitative estimate of drug-likeness (QED) is 0.817. The molecule has 2 rings (SSSR count). The summed E-state index contributed by atoms with van der Waals surface area (Å²) in [6, 6.07) is 7.26. The molecular formula is C11H13ClO2. The Morgan fingerprint density at radius 3 is 2.64 bits per heavy atom. The van der Waals surface area contributed by atoms with Gasteiger partial charge in [0.2, 0.25) is 0 Å². The summed E-state index contributed by atoms with van der Waals surface area (Å²) in [5.41, 5.74) is 0.876. The van der Waals surface area contributed by atoms with Crippen LogP contribution in [0.5, 0.6) is 0 Å². The Balaban J connectivity index is 2.09. The van der Waals surface area contributed by atoms with Gasteiger partial charge in [0.05, 0.1) is 6.10 Å². The molecule has 1 aliphatic rings. The minimum absolute atomic E-state index is 0.0452. The minimum Gasteiger partial charge on any atom is -0.386 e. The molecule has 3 heteroatoms. The second-order valence-corrected chi connectivity index (χ2v) is 3.98. The van der Waals surface area contributed by atoms with Crippen molar-refractivity contribution in [2.75, 3.05) is 6.61 Å². The number of aliphatic hydroxyl groups is 1. The molecule has 1 aromatic rings. The first-order valence-electron chi connectivity index (χ1n) is 4.82. The summed E-state index contributed by atoms with van der Waals surface area (Å²) in [6.07, 6.45) is 1.41.